The van der Waals surface area contributed by atoms with Crippen LogP contribution in [0.3, 0.4) is 0 Å². The predicted molar refractivity (Wildman–Crippen MR) is 90.2 cm³/mol. The van der Waals surface area contributed by atoms with E-state index in [2.05, 4.69) is 66.4 Å². The van der Waals surface area contributed by atoms with Gasteiger partial charge in [-0.2, -0.15) is 0 Å². The quantitative estimate of drug-likeness (QED) is 0.663. The minimum Gasteiger partial charge on any atom is -0.370 e. The number of hydrogen-bond donors (Lipinski definition) is 0. The largest absolute Gasteiger partial charge is 0.370 e. The first-order chi connectivity index (χ1) is 10.2. The molecular formula is C19H20N2. The predicted octanol–water partition coefficient (Wildman–Crippen LogP) is 4.62. The molecule has 1 aliphatic rings. The van der Waals surface area contributed by atoms with Gasteiger partial charge in [0.2, 0.25) is 0 Å². The molecule has 21 heavy (non-hydrogen) atoms. The monoisotopic (exact) mass is 276 g/mol. The summed E-state index contributed by atoms with van der Waals surface area (Å²) in [7, 11) is 2.12. The molecule has 2 aromatic carbocycles. The van der Waals surface area contributed by atoms with Gasteiger partial charge >= 0.3 is 0 Å². The lowest BCUT2D eigenvalue weighted by molar-refractivity contribution is 0.503. The maximum Gasteiger partial charge on any atom is 0.0495 e. The minimum absolute atomic E-state index is 0.964. The molecule has 2 nitrogen and oxygen atoms in total. The van der Waals surface area contributed by atoms with Crippen molar-refractivity contribution >= 4 is 27.5 Å². The number of benzene rings is 2. The van der Waals surface area contributed by atoms with Gasteiger partial charge in [-0.25, -0.2) is 0 Å². The van der Waals surface area contributed by atoms with Crippen molar-refractivity contribution in [2.45, 2.75) is 26.4 Å². The van der Waals surface area contributed by atoms with Gasteiger partial charge in [0, 0.05) is 53.2 Å². The standard InChI is InChI=1S/C19H20N2/c1-4-11-21-17-8-6-5-7-15(17)19-16-12-20(3)13(2)14(16)9-10-18(19)21/h5-10H,2,4,11-12H2,1,3H3. The summed E-state index contributed by atoms with van der Waals surface area (Å²) in [5, 5.41) is 2.79. The van der Waals surface area contributed by atoms with Gasteiger partial charge in [0.05, 0.1) is 0 Å². The molecule has 4 rings (SSSR count). The number of hydrogen-bond acceptors (Lipinski definition) is 1. The van der Waals surface area contributed by atoms with Gasteiger partial charge in [0.25, 0.3) is 0 Å². The zero-order valence-corrected chi connectivity index (χ0v) is 12.7. The molecule has 0 spiro atoms. The van der Waals surface area contributed by atoms with E-state index in [9.17, 15) is 0 Å². The van der Waals surface area contributed by atoms with Crippen LogP contribution in [0.25, 0.3) is 27.5 Å². The van der Waals surface area contributed by atoms with Crippen LogP contribution < -0.4 is 0 Å². The van der Waals surface area contributed by atoms with Crippen molar-refractivity contribution in [1.82, 2.24) is 9.47 Å². The number of rotatable bonds is 2. The van der Waals surface area contributed by atoms with E-state index in [4.69, 9.17) is 0 Å². The maximum atomic E-state index is 4.23. The average Bonchev–Trinajstić information content (AvgIpc) is 2.97. The van der Waals surface area contributed by atoms with Gasteiger partial charge in [-0.1, -0.05) is 37.8 Å². The Morgan fingerprint density at radius 1 is 1.10 bits per heavy atom. The van der Waals surface area contributed by atoms with Gasteiger partial charge in [0.15, 0.2) is 0 Å². The molecule has 2 heteroatoms. The molecule has 0 atom stereocenters. The van der Waals surface area contributed by atoms with Crippen LogP contribution >= 0.6 is 0 Å². The normalized spacial score (nSPS) is 14.4. The van der Waals surface area contributed by atoms with Gasteiger partial charge in [-0.05, 0) is 24.1 Å². The Bertz CT molecular complexity index is 870. The van der Waals surface area contributed by atoms with E-state index in [-0.39, 0.29) is 0 Å². The molecule has 0 amide bonds. The highest BCUT2D eigenvalue weighted by molar-refractivity contribution is 6.11. The zero-order chi connectivity index (χ0) is 14.6. The second-order valence-electron chi connectivity index (χ2n) is 5.96. The SMILES string of the molecule is C=C1c2ccc3c(c2CN1C)c1ccccc1n3CCC. The van der Waals surface area contributed by atoms with Crippen LogP contribution in [0.2, 0.25) is 0 Å². The number of para-hydroxylation sites is 1. The molecule has 1 aliphatic heterocycles. The highest BCUT2D eigenvalue weighted by atomic mass is 15.1. The van der Waals surface area contributed by atoms with Crippen molar-refractivity contribution in [2.75, 3.05) is 7.05 Å². The summed E-state index contributed by atoms with van der Waals surface area (Å²) in [4.78, 5) is 2.25. The minimum atomic E-state index is 0.964. The molecule has 0 aliphatic carbocycles. The third-order valence-corrected chi connectivity index (χ3v) is 4.66. The molecule has 0 saturated carbocycles. The second kappa shape index (κ2) is 4.39. The number of aryl methyl sites for hydroxylation is 1. The molecule has 106 valence electrons. The fourth-order valence-corrected chi connectivity index (χ4v) is 3.65. The maximum absolute atomic E-state index is 4.23. The van der Waals surface area contributed by atoms with Gasteiger partial charge in [0.1, 0.15) is 0 Å². The van der Waals surface area contributed by atoms with Crippen LogP contribution in [0.4, 0.5) is 0 Å². The lowest BCUT2D eigenvalue weighted by atomic mass is 10.0. The summed E-state index contributed by atoms with van der Waals surface area (Å²) in [6.07, 6.45) is 1.15. The molecule has 0 bridgehead atoms. The van der Waals surface area contributed by atoms with Crippen LogP contribution in [-0.2, 0) is 13.1 Å². The van der Waals surface area contributed by atoms with Crippen molar-refractivity contribution < 1.29 is 0 Å². The number of nitrogens with zero attached hydrogens (tertiary/aromatic N) is 2. The molecule has 0 unspecified atom stereocenters. The van der Waals surface area contributed by atoms with E-state index in [0.717, 1.165) is 25.2 Å². The first-order valence-electron chi connectivity index (χ1n) is 7.65. The second-order valence-corrected chi connectivity index (χ2v) is 5.96. The van der Waals surface area contributed by atoms with Crippen molar-refractivity contribution in [3.8, 4) is 0 Å². The van der Waals surface area contributed by atoms with Crippen molar-refractivity contribution in [1.29, 1.82) is 0 Å². The van der Waals surface area contributed by atoms with Crippen LogP contribution in [-0.4, -0.2) is 16.5 Å². The lowest BCUT2D eigenvalue weighted by Gasteiger charge is -2.10. The van der Waals surface area contributed by atoms with Crippen molar-refractivity contribution in [3.05, 3.63) is 54.1 Å². The van der Waals surface area contributed by atoms with E-state index >= 15 is 0 Å². The smallest absolute Gasteiger partial charge is 0.0495 e. The Hall–Kier alpha value is -2.22. The van der Waals surface area contributed by atoms with Crippen LogP contribution in [0, 0.1) is 0 Å². The van der Waals surface area contributed by atoms with E-state index in [0.29, 0.717) is 0 Å². The van der Waals surface area contributed by atoms with Crippen LogP contribution in [0.1, 0.15) is 24.5 Å². The van der Waals surface area contributed by atoms with Crippen LogP contribution in [0.5, 0.6) is 0 Å². The van der Waals surface area contributed by atoms with E-state index in [1.165, 1.54) is 32.9 Å². The molecule has 0 fully saturated rings. The number of aromatic nitrogens is 1. The Balaban J connectivity index is 2.16. The molecule has 0 saturated heterocycles. The van der Waals surface area contributed by atoms with Gasteiger partial charge in [-0.3, -0.25) is 0 Å². The highest BCUT2D eigenvalue weighted by Gasteiger charge is 2.24. The van der Waals surface area contributed by atoms with E-state index in [1.807, 2.05) is 0 Å². The van der Waals surface area contributed by atoms with Gasteiger partial charge in [-0.15, -0.1) is 0 Å². The molecule has 1 aromatic heterocycles. The van der Waals surface area contributed by atoms with Crippen molar-refractivity contribution in [3.63, 3.8) is 0 Å². The van der Waals surface area contributed by atoms with Gasteiger partial charge < -0.3 is 9.47 Å². The summed E-state index contributed by atoms with van der Waals surface area (Å²) >= 11 is 0. The fourth-order valence-electron chi connectivity index (χ4n) is 3.65. The van der Waals surface area contributed by atoms with E-state index < -0.39 is 0 Å². The lowest BCUT2D eigenvalue weighted by Crippen LogP contribution is -2.06. The third-order valence-electron chi connectivity index (χ3n) is 4.66. The Labute approximate surface area is 125 Å². The van der Waals surface area contributed by atoms with Crippen LogP contribution in [0.15, 0.2) is 43.0 Å². The van der Waals surface area contributed by atoms with Crippen molar-refractivity contribution in [2.24, 2.45) is 0 Å². The zero-order valence-electron chi connectivity index (χ0n) is 12.7. The average molecular weight is 276 g/mol. The summed E-state index contributed by atoms with van der Waals surface area (Å²) in [5.74, 6) is 0. The Kier molecular flexibility index (Phi) is 2.61. The molecule has 0 N–H and O–H groups in total. The summed E-state index contributed by atoms with van der Waals surface area (Å²) in [6, 6.07) is 13.3. The molecular weight excluding hydrogens is 256 g/mol. The highest BCUT2D eigenvalue weighted by Crippen LogP contribution is 2.40. The summed E-state index contributed by atoms with van der Waals surface area (Å²) < 4.78 is 2.46. The topological polar surface area (TPSA) is 8.17 Å². The Morgan fingerprint density at radius 2 is 1.90 bits per heavy atom. The van der Waals surface area contributed by atoms with E-state index in [1.54, 1.807) is 0 Å². The number of fused-ring (bicyclic) bond motifs is 5. The first kappa shape index (κ1) is 12.5. The third kappa shape index (κ3) is 1.59. The summed E-state index contributed by atoms with van der Waals surface area (Å²) in [6.45, 7) is 8.50. The fraction of sp³-hybridized carbons (Fsp3) is 0.263. The molecule has 2 heterocycles. The summed E-state index contributed by atoms with van der Waals surface area (Å²) in [5.41, 5.74) is 6.59. The molecule has 3 aromatic rings. The Morgan fingerprint density at radius 3 is 2.71 bits per heavy atom. The first-order valence-corrected chi connectivity index (χ1v) is 7.65. The molecule has 0 radical (unpaired) electrons.